The van der Waals surface area contributed by atoms with Crippen LogP contribution in [0.2, 0.25) is 5.02 Å². The third-order valence-corrected chi connectivity index (χ3v) is 3.17. The monoisotopic (exact) mass is 290 g/mol. The second-order valence-corrected chi connectivity index (χ2v) is 4.81. The second-order valence-electron chi connectivity index (χ2n) is 4.37. The molecule has 1 amide bonds. The van der Waals surface area contributed by atoms with Gasteiger partial charge < -0.3 is 15.8 Å². The molecule has 0 aliphatic rings. The number of rotatable bonds is 3. The molecule has 0 radical (unpaired) electrons. The number of aryl methyl sites for hydroxylation is 1. The third kappa shape index (κ3) is 3.03. The van der Waals surface area contributed by atoms with Crippen molar-refractivity contribution >= 4 is 28.9 Å². The summed E-state index contributed by atoms with van der Waals surface area (Å²) in [5.41, 5.74) is 8.20. The molecule has 0 fully saturated rings. The average molecular weight is 291 g/mol. The predicted octanol–water partition coefficient (Wildman–Crippen LogP) is 3.49. The molecule has 0 heterocycles. The van der Waals surface area contributed by atoms with Gasteiger partial charge in [-0.05, 0) is 42.8 Å². The lowest BCUT2D eigenvalue weighted by Gasteiger charge is -2.10. The highest BCUT2D eigenvalue weighted by molar-refractivity contribution is 6.31. The van der Waals surface area contributed by atoms with Crippen LogP contribution in [0.25, 0.3) is 0 Å². The summed E-state index contributed by atoms with van der Waals surface area (Å²) in [6, 6.07) is 10.2. The number of hydrogen-bond acceptors (Lipinski definition) is 3. The first kappa shape index (κ1) is 14.2. The number of methoxy groups -OCH3 is 1. The Hall–Kier alpha value is -2.20. The van der Waals surface area contributed by atoms with Crippen LogP contribution in [0.3, 0.4) is 0 Å². The molecule has 0 saturated heterocycles. The van der Waals surface area contributed by atoms with Crippen molar-refractivity contribution in [2.45, 2.75) is 6.92 Å². The van der Waals surface area contributed by atoms with Crippen molar-refractivity contribution in [1.82, 2.24) is 0 Å². The molecule has 0 unspecified atom stereocenters. The van der Waals surface area contributed by atoms with Crippen LogP contribution in [-0.2, 0) is 0 Å². The van der Waals surface area contributed by atoms with E-state index in [2.05, 4.69) is 5.32 Å². The summed E-state index contributed by atoms with van der Waals surface area (Å²) >= 11 is 5.89. The summed E-state index contributed by atoms with van der Waals surface area (Å²) in [7, 11) is 1.57. The summed E-state index contributed by atoms with van der Waals surface area (Å²) in [5, 5.41) is 3.24. The molecule has 20 heavy (non-hydrogen) atoms. The zero-order valence-corrected chi connectivity index (χ0v) is 12.0. The Morgan fingerprint density at radius 2 is 2.00 bits per heavy atom. The fourth-order valence-electron chi connectivity index (χ4n) is 1.79. The topological polar surface area (TPSA) is 64.3 Å². The number of hydrogen-bond donors (Lipinski definition) is 2. The third-order valence-electron chi connectivity index (χ3n) is 2.93. The summed E-state index contributed by atoms with van der Waals surface area (Å²) in [6.45, 7) is 1.91. The van der Waals surface area contributed by atoms with E-state index in [4.69, 9.17) is 22.1 Å². The van der Waals surface area contributed by atoms with Gasteiger partial charge >= 0.3 is 0 Å². The van der Waals surface area contributed by atoms with Crippen molar-refractivity contribution < 1.29 is 9.53 Å². The molecule has 0 aromatic heterocycles. The van der Waals surface area contributed by atoms with Gasteiger partial charge in [0.2, 0.25) is 0 Å². The van der Waals surface area contributed by atoms with E-state index in [1.807, 2.05) is 13.0 Å². The largest absolute Gasteiger partial charge is 0.496 e. The number of carbonyl (C=O) groups excluding carboxylic acids is 1. The minimum atomic E-state index is -0.266. The molecule has 0 atom stereocenters. The molecular weight excluding hydrogens is 276 g/mol. The van der Waals surface area contributed by atoms with E-state index in [-0.39, 0.29) is 5.91 Å². The van der Waals surface area contributed by atoms with E-state index < -0.39 is 0 Å². The highest BCUT2D eigenvalue weighted by Crippen LogP contribution is 2.24. The van der Waals surface area contributed by atoms with Gasteiger partial charge in [-0.15, -0.1) is 0 Å². The number of halogens is 1. The minimum Gasteiger partial charge on any atom is -0.496 e. The molecule has 2 aromatic rings. The SMILES string of the molecule is COc1cc(C(=O)Nc2cc(Cl)ccc2N)ccc1C. The van der Waals surface area contributed by atoms with Crippen LogP contribution in [0.5, 0.6) is 5.75 Å². The lowest BCUT2D eigenvalue weighted by molar-refractivity contribution is 0.102. The molecule has 0 aliphatic heterocycles. The Labute approximate surface area is 122 Å². The highest BCUT2D eigenvalue weighted by Gasteiger charge is 2.10. The minimum absolute atomic E-state index is 0.266. The van der Waals surface area contributed by atoms with E-state index in [1.165, 1.54) is 0 Å². The van der Waals surface area contributed by atoms with Gasteiger partial charge in [0.1, 0.15) is 5.75 Å². The van der Waals surface area contributed by atoms with Crippen LogP contribution < -0.4 is 15.8 Å². The van der Waals surface area contributed by atoms with Gasteiger partial charge in [0.25, 0.3) is 5.91 Å². The van der Waals surface area contributed by atoms with Crippen molar-refractivity contribution in [1.29, 1.82) is 0 Å². The molecule has 2 rings (SSSR count). The van der Waals surface area contributed by atoms with E-state index >= 15 is 0 Å². The van der Waals surface area contributed by atoms with E-state index in [9.17, 15) is 4.79 Å². The van der Waals surface area contributed by atoms with Crippen molar-refractivity contribution in [3.8, 4) is 5.75 Å². The summed E-state index contributed by atoms with van der Waals surface area (Å²) < 4.78 is 5.20. The highest BCUT2D eigenvalue weighted by atomic mass is 35.5. The van der Waals surface area contributed by atoms with Crippen LogP contribution in [-0.4, -0.2) is 13.0 Å². The number of carbonyl (C=O) groups is 1. The van der Waals surface area contributed by atoms with Gasteiger partial charge in [0.15, 0.2) is 0 Å². The number of amides is 1. The van der Waals surface area contributed by atoms with Crippen molar-refractivity contribution in [3.05, 3.63) is 52.5 Å². The fourth-order valence-corrected chi connectivity index (χ4v) is 1.96. The number of nitrogens with one attached hydrogen (secondary N) is 1. The van der Waals surface area contributed by atoms with Crippen LogP contribution in [0.1, 0.15) is 15.9 Å². The molecule has 2 aromatic carbocycles. The van der Waals surface area contributed by atoms with Crippen molar-refractivity contribution in [3.63, 3.8) is 0 Å². The Morgan fingerprint density at radius 1 is 1.25 bits per heavy atom. The van der Waals surface area contributed by atoms with Gasteiger partial charge in [-0.25, -0.2) is 0 Å². The first-order chi connectivity index (χ1) is 9.51. The molecule has 0 bridgehead atoms. The number of ether oxygens (including phenoxy) is 1. The first-order valence-electron chi connectivity index (χ1n) is 6.02. The average Bonchev–Trinajstić information content (AvgIpc) is 2.43. The zero-order chi connectivity index (χ0) is 14.7. The maximum atomic E-state index is 12.2. The molecule has 0 aliphatic carbocycles. The van der Waals surface area contributed by atoms with Gasteiger partial charge in [-0.3, -0.25) is 4.79 Å². The van der Waals surface area contributed by atoms with Crippen LogP contribution in [0, 0.1) is 6.92 Å². The van der Waals surface area contributed by atoms with E-state index in [1.54, 1.807) is 37.4 Å². The lowest BCUT2D eigenvalue weighted by Crippen LogP contribution is -2.13. The maximum absolute atomic E-state index is 12.2. The van der Waals surface area contributed by atoms with Crippen LogP contribution >= 0.6 is 11.6 Å². The Balaban J connectivity index is 2.26. The number of anilines is 2. The van der Waals surface area contributed by atoms with Crippen molar-refractivity contribution in [2.75, 3.05) is 18.2 Å². The van der Waals surface area contributed by atoms with Gasteiger partial charge in [0, 0.05) is 10.6 Å². The van der Waals surface area contributed by atoms with E-state index in [0.29, 0.717) is 27.7 Å². The summed E-state index contributed by atoms with van der Waals surface area (Å²) in [5.74, 6) is 0.397. The summed E-state index contributed by atoms with van der Waals surface area (Å²) in [4.78, 5) is 12.2. The molecular formula is C15H15ClN2O2. The molecule has 3 N–H and O–H groups in total. The quantitative estimate of drug-likeness (QED) is 0.851. The molecule has 4 nitrogen and oxygen atoms in total. The molecule has 5 heteroatoms. The fraction of sp³-hybridized carbons (Fsp3) is 0.133. The van der Waals surface area contributed by atoms with Gasteiger partial charge in [-0.2, -0.15) is 0 Å². The smallest absolute Gasteiger partial charge is 0.255 e. The Bertz CT molecular complexity index is 656. The molecule has 0 saturated carbocycles. The summed E-state index contributed by atoms with van der Waals surface area (Å²) in [6.07, 6.45) is 0. The second kappa shape index (κ2) is 5.84. The number of nitrogen functional groups attached to an aromatic ring is 1. The lowest BCUT2D eigenvalue weighted by atomic mass is 10.1. The van der Waals surface area contributed by atoms with Gasteiger partial charge in [0.05, 0.1) is 18.5 Å². The normalized spacial score (nSPS) is 10.2. The Kier molecular flexibility index (Phi) is 4.15. The van der Waals surface area contributed by atoms with Crippen molar-refractivity contribution in [2.24, 2.45) is 0 Å². The molecule has 0 spiro atoms. The first-order valence-corrected chi connectivity index (χ1v) is 6.40. The standard InChI is InChI=1S/C15H15ClN2O2/c1-9-3-4-10(7-14(9)20-2)15(19)18-13-8-11(16)5-6-12(13)17/h3-8H,17H2,1-2H3,(H,18,19). The van der Waals surface area contributed by atoms with E-state index in [0.717, 1.165) is 5.56 Å². The van der Waals surface area contributed by atoms with Crippen LogP contribution in [0.4, 0.5) is 11.4 Å². The number of nitrogens with two attached hydrogens (primary N) is 1. The van der Waals surface area contributed by atoms with Crippen LogP contribution in [0.15, 0.2) is 36.4 Å². The number of benzene rings is 2. The predicted molar refractivity (Wildman–Crippen MR) is 81.5 cm³/mol. The zero-order valence-electron chi connectivity index (χ0n) is 11.2. The van der Waals surface area contributed by atoms with Gasteiger partial charge in [-0.1, -0.05) is 17.7 Å². The Morgan fingerprint density at radius 3 is 2.70 bits per heavy atom. The maximum Gasteiger partial charge on any atom is 0.255 e. The molecule has 104 valence electrons.